The van der Waals surface area contributed by atoms with Gasteiger partial charge in [-0.25, -0.2) is 0 Å². The standard InChI is InChI=1S/C17H17N3O2/c1-12(19-14-7-9-15(22-2)10-8-14)17(21)20-16-6-4-3-5-13(16)11-18/h3-10,12,19H,1-2H3,(H,20,21)/t12-/m0/s1. The molecule has 0 aliphatic rings. The van der Waals surface area contributed by atoms with Crippen LogP contribution in [-0.2, 0) is 4.79 Å². The summed E-state index contributed by atoms with van der Waals surface area (Å²) in [7, 11) is 1.60. The number of nitrogens with zero attached hydrogens (tertiary/aromatic N) is 1. The number of carbonyl (C=O) groups excluding carboxylic acids is 1. The summed E-state index contributed by atoms with van der Waals surface area (Å²) in [5, 5.41) is 14.9. The fraction of sp³-hybridized carbons (Fsp3) is 0.176. The summed E-state index contributed by atoms with van der Waals surface area (Å²) in [5.74, 6) is 0.545. The van der Waals surface area contributed by atoms with Gasteiger partial charge in [0.05, 0.1) is 18.4 Å². The maximum atomic E-state index is 12.2. The third-order valence-electron chi connectivity index (χ3n) is 3.17. The first-order valence-corrected chi connectivity index (χ1v) is 6.84. The van der Waals surface area contributed by atoms with E-state index in [4.69, 9.17) is 10.00 Å². The van der Waals surface area contributed by atoms with Crippen LogP contribution in [0.5, 0.6) is 5.75 Å². The van der Waals surface area contributed by atoms with Gasteiger partial charge in [-0.15, -0.1) is 0 Å². The molecule has 22 heavy (non-hydrogen) atoms. The lowest BCUT2D eigenvalue weighted by Crippen LogP contribution is -2.32. The highest BCUT2D eigenvalue weighted by Gasteiger charge is 2.14. The van der Waals surface area contributed by atoms with E-state index < -0.39 is 6.04 Å². The number of hydrogen-bond acceptors (Lipinski definition) is 4. The van der Waals surface area contributed by atoms with Crippen LogP contribution in [0.3, 0.4) is 0 Å². The van der Waals surface area contributed by atoms with E-state index in [-0.39, 0.29) is 5.91 Å². The maximum absolute atomic E-state index is 12.2. The quantitative estimate of drug-likeness (QED) is 0.889. The molecule has 0 spiro atoms. The second-order valence-corrected chi connectivity index (χ2v) is 4.74. The molecular weight excluding hydrogens is 278 g/mol. The summed E-state index contributed by atoms with van der Waals surface area (Å²) < 4.78 is 5.09. The molecule has 0 aliphatic heterocycles. The van der Waals surface area contributed by atoms with E-state index in [9.17, 15) is 4.79 Å². The summed E-state index contributed by atoms with van der Waals surface area (Å²) in [4.78, 5) is 12.2. The summed E-state index contributed by atoms with van der Waals surface area (Å²) in [6, 6.07) is 15.8. The number of para-hydroxylation sites is 1. The van der Waals surface area contributed by atoms with Crippen LogP contribution in [0.15, 0.2) is 48.5 Å². The zero-order valence-corrected chi connectivity index (χ0v) is 12.5. The Morgan fingerprint density at radius 2 is 1.86 bits per heavy atom. The molecule has 1 atom stereocenters. The van der Waals surface area contributed by atoms with Crippen molar-refractivity contribution in [2.75, 3.05) is 17.7 Å². The first kappa shape index (κ1) is 15.4. The molecule has 2 aromatic rings. The molecule has 0 aliphatic carbocycles. The summed E-state index contributed by atoms with van der Waals surface area (Å²) in [6.45, 7) is 1.76. The third kappa shape index (κ3) is 3.76. The lowest BCUT2D eigenvalue weighted by molar-refractivity contribution is -0.116. The van der Waals surface area contributed by atoms with Crippen LogP contribution in [0.1, 0.15) is 12.5 Å². The highest BCUT2D eigenvalue weighted by atomic mass is 16.5. The number of anilines is 2. The summed E-state index contributed by atoms with van der Waals surface area (Å²) in [6.07, 6.45) is 0. The number of amides is 1. The van der Waals surface area contributed by atoms with Gasteiger partial charge in [-0.05, 0) is 43.3 Å². The van der Waals surface area contributed by atoms with Gasteiger partial charge in [0, 0.05) is 5.69 Å². The summed E-state index contributed by atoms with van der Waals surface area (Å²) >= 11 is 0. The Kier molecular flexibility index (Phi) is 4.99. The van der Waals surface area contributed by atoms with Crippen molar-refractivity contribution in [1.29, 1.82) is 5.26 Å². The van der Waals surface area contributed by atoms with E-state index in [1.165, 1.54) is 0 Å². The van der Waals surface area contributed by atoms with Crippen LogP contribution < -0.4 is 15.4 Å². The molecule has 0 heterocycles. The average Bonchev–Trinajstić information content (AvgIpc) is 2.56. The van der Waals surface area contributed by atoms with Gasteiger partial charge in [-0.2, -0.15) is 5.26 Å². The Morgan fingerprint density at radius 1 is 1.18 bits per heavy atom. The van der Waals surface area contributed by atoms with E-state index in [2.05, 4.69) is 16.7 Å². The number of nitriles is 1. The number of rotatable bonds is 5. The fourth-order valence-electron chi connectivity index (χ4n) is 1.93. The van der Waals surface area contributed by atoms with Crippen LogP contribution in [0, 0.1) is 11.3 Å². The second-order valence-electron chi connectivity index (χ2n) is 4.74. The minimum absolute atomic E-state index is 0.210. The van der Waals surface area contributed by atoms with Crippen molar-refractivity contribution in [2.45, 2.75) is 13.0 Å². The molecule has 0 unspecified atom stereocenters. The Hall–Kier alpha value is -3.00. The zero-order chi connectivity index (χ0) is 15.9. The normalized spacial score (nSPS) is 11.1. The van der Waals surface area contributed by atoms with Crippen LogP contribution in [0.25, 0.3) is 0 Å². The van der Waals surface area contributed by atoms with E-state index in [1.807, 2.05) is 24.3 Å². The molecular formula is C17H17N3O2. The number of ether oxygens (including phenoxy) is 1. The number of nitrogens with one attached hydrogen (secondary N) is 2. The van der Waals surface area contributed by atoms with E-state index in [1.54, 1.807) is 38.3 Å². The van der Waals surface area contributed by atoms with Gasteiger partial charge < -0.3 is 15.4 Å². The Morgan fingerprint density at radius 3 is 2.50 bits per heavy atom. The van der Waals surface area contributed by atoms with Gasteiger partial charge >= 0.3 is 0 Å². The molecule has 0 bridgehead atoms. The smallest absolute Gasteiger partial charge is 0.246 e. The molecule has 5 nitrogen and oxygen atoms in total. The number of benzene rings is 2. The highest BCUT2D eigenvalue weighted by molar-refractivity contribution is 5.97. The molecule has 0 saturated heterocycles. The van der Waals surface area contributed by atoms with Crippen molar-refractivity contribution >= 4 is 17.3 Å². The van der Waals surface area contributed by atoms with Gasteiger partial charge in [-0.1, -0.05) is 12.1 Å². The zero-order valence-electron chi connectivity index (χ0n) is 12.5. The van der Waals surface area contributed by atoms with Crippen LogP contribution in [0.4, 0.5) is 11.4 Å². The van der Waals surface area contributed by atoms with Crippen molar-refractivity contribution in [1.82, 2.24) is 0 Å². The van der Waals surface area contributed by atoms with E-state index in [0.717, 1.165) is 11.4 Å². The predicted octanol–water partition coefficient (Wildman–Crippen LogP) is 3.01. The minimum atomic E-state index is -0.444. The predicted molar refractivity (Wildman–Crippen MR) is 85.9 cm³/mol. The average molecular weight is 295 g/mol. The lowest BCUT2D eigenvalue weighted by atomic mass is 10.2. The highest BCUT2D eigenvalue weighted by Crippen LogP contribution is 2.17. The second kappa shape index (κ2) is 7.14. The van der Waals surface area contributed by atoms with E-state index >= 15 is 0 Å². The number of carbonyl (C=O) groups is 1. The molecule has 112 valence electrons. The maximum Gasteiger partial charge on any atom is 0.246 e. The van der Waals surface area contributed by atoms with Crippen molar-refractivity contribution in [3.8, 4) is 11.8 Å². The van der Waals surface area contributed by atoms with Gasteiger partial charge in [-0.3, -0.25) is 4.79 Å². The Bertz CT molecular complexity index is 690. The SMILES string of the molecule is COc1ccc(N[C@@H](C)C(=O)Nc2ccccc2C#N)cc1. The van der Waals surface area contributed by atoms with Crippen molar-refractivity contribution in [2.24, 2.45) is 0 Å². The molecule has 5 heteroatoms. The minimum Gasteiger partial charge on any atom is -0.497 e. The Labute approximate surface area is 129 Å². The molecule has 2 aromatic carbocycles. The summed E-state index contributed by atoms with van der Waals surface area (Å²) in [5.41, 5.74) is 1.77. The lowest BCUT2D eigenvalue weighted by Gasteiger charge is -2.16. The monoisotopic (exact) mass is 295 g/mol. The Balaban J connectivity index is 2.01. The fourth-order valence-corrected chi connectivity index (χ4v) is 1.93. The van der Waals surface area contributed by atoms with Crippen molar-refractivity contribution in [3.05, 3.63) is 54.1 Å². The molecule has 0 aromatic heterocycles. The van der Waals surface area contributed by atoms with Crippen molar-refractivity contribution < 1.29 is 9.53 Å². The molecule has 0 saturated carbocycles. The van der Waals surface area contributed by atoms with Crippen LogP contribution >= 0.6 is 0 Å². The molecule has 1 amide bonds. The number of hydrogen-bond donors (Lipinski definition) is 2. The van der Waals surface area contributed by atoms with Gasteiger partial charge in [0.15, 0.2) is 0 Å². The largest absolute Gasteiger partial charge is 0.497 e. The van der Waals surface area contributed by atoms with Gasteiger partial charge in [0.2, 0.25) is 5.91 Å². The van der Waals surface area contributed by atoms with Crippen molar-refractivity contribution in [3.63, 3.8) is 0 Å². The van der Waals surface area contributed by atoms with Gasteiger partial charge in [0.1, 0.15) is 17.9 Å². The first-order chi connectivity index (χ1) is 10.6. The van der Waals surface area contributed by atoms with Gasteiger partial charge in [0.25, 0.3) is 0 Å². The molecule has 2 rings (SSSR count). The molecule has 2 N–H and O–H groups in total. The van der Waals surface area contributed by atoms with Crippen LogP contribution in [0.2, 0.25) is 0 Å². The third-order valence-corrected chi connectivity index (χ3v) is 3.17. The van der Waals surface area contributed by atoms with Crippen LogP contribution in [-0.4, -0.2) is 19.1 Å². The van der Waals surface area contributed by atoms with E-state index in [0.29, 0.717) is 11.3 Å². The molecule has 0 fully saturated rings. The topological polar surface area (TPSA) is 74.2 Å². The first-order valence-electron chi connectivity index (χ1n) is 6.84. The number of methoxy groups -OCH3 is 1. The molecule has 0 radical (unpaired) electrons.